The van der Waals surface area contributed by atoms with Crippen molar-refractivity contribution in [2.24, 2.45) is 5.73 Å². The maximum Gasteiger partial charge on any atom is 0.322 e. The first-order chi connectivity index (χ1) is 8.99. The van der Waals surface area contributed by atoms with Crippen LogP contribution >= 0.6 is 0 Å². The third-order valence-electron chi connectivity index (χ3n) is 2.98. The number of aryl methyl sites for hydroxylation is 2. The second kappa shape index (κ2) is 5.06. The summed E-state index contributed by atoms with van der Waals surface area (Å²) in [6.45, 7) is 5.98. The lowest BCUT2D eigenvalue weighted by atomic mass is 10.1. The molecule has 3 N–H and O–H groups in total. The summed E-state index contributed by atoms with van der Waals surface area (Å²) in [5.41, 5.74) is 8.96. The molecule has 19 heavy (non-hydrogen) atoms. The van der Waals surface area contributed by atoms with Crippen LogP contribution in [0.15, 0.2) is 24.4 Å². The number of rotatable bonds is 3. The molecule has 0 spiro atoms. The van der Waals surface area contributed by atoms with Crippen LogP contribution in [0.5, 0.6) is 11.8 Å². The standard InChI is InChI=1S/C14H16N4O/c1-8-4-5-9(2)12(10(8)3)19-14-17-7-6-11(18-14)13(15)16/h4-7H,1-3H3,(H3,15,16). The highest BCUT2D eigenvalue weighted by molar-refractivity contribution is 5.92. The molecular formula is C14H16N4O. The van der Waals surface area contributed by atoms with Crippen molar-refractivity contribution in [1.29, 1.82) is 5.41 Å². The van der Waals surface area contributed by atoms with E-state index in [-0.39, 0.29) is 11.8 Å². The molecule has 0 fully saturated rings. The van der Waals surface area contributed by atoms with Crippen LogP contribution in [-0.2, 0) is 0 Å². The molecule has 1 heterocycles. The van der Waals surface area contributed by atoms with Gasteiger partial charge in [0.05, 0.1) is 0 Å². The van der Waals surface area contributed by atoms with Gasteiger partial charge in [0.25, 0.3) is 0 Å². The molecule has 1 aromatic carbocycles. The molecule has 0 aliphatic heterocycles. The van der Waals surface area contributed by atoms with Gasteiger partial charge in [-0.1, -0.05) is 12.1 Å². The van der Waals surface area contributed by atoms with Crippen molar-refractivity contribution in [3.05, 3.63) is 46.8 Å². The quantitative estimate of drug-likeness (QED) is 0.652. The molecule has 5 nitrogen and oxygen atoms in total. The number of benzene rings is 1. The van der Waals surface area contributed by atoms with Crippen LogP contribution in [0.25, 0.3) is 0 Å². The number of amidine groups is 1. The number of aromatic nitrogens is 2. The monoisotopic (exact) mass is 256 g/mol. The third kappa shape index (κ3) is 2.70. The Kier molecular flexibility index (Phi) is 3.46. The van der Waals surface area contributed by atoms with Gasteiger partial charge >= 0.3 is 6.01 Å². The first-order valence-electron chi connectivity index (χ1n) is 5.91. The lowest BCUT2D eigenvalue weighted by molar-refractivity contribution is 0.434. The van der Waals surface area contributed by atoms with E-state index in [4.69, 9.17) is 15.9 Å². The molecule has 2 aromatic rings. The minimum absolute atomic E-state index is 0.107. The zero-order chi connectivity index (χ0) is 14.0. The van der Waals surface area contributed by atoms with Crippen molar-refractivity contribution in [1.82, 2.24) is 9.97 Å². The van der Waals surface area contributed by atoms with Crippen LogP contribution in [-0.4, -0.2) is 15.8 Å². The molecule has 5 heteroatoms. The van der Waals surface area contributed by atoms with E-state index < -0.39 is 0 Å². The van der Waals surface area contributed by atoms with Crippen LogP contribution < -0.4 is 10.5 Å². The van der Waals surface area contributed by atoms with Gasteiger partial charge in [-0.05, 0) is 43.5 Å². The van der Waals surface area contributed by atoms with E-state index in [9.17, 15) is 0 Å². The number of ether oxygens (including phenoxy) is 1. The second-order valence-electron chi connectivity index (χ2n) is 4.39. The SMILES string of the molecule is Cc1ccc(C)c(Oc2nccc(C(=N)N)n2)c1C. The summed E-state index contributed by atoms with van der Waals surface area (Å²) < 4.78 is 5.74. The Balaban J connectivity index is 2.39. The van der Waals surface area contributed by atoms with E-state index in [1.807, 2.05) is 32.9 Å². The minimum atomic E-state index is -0.107. The number of nitrogens with zero attached hydrogens (tertiary/aromatic N) is 2. The Morgan fingerprint density at radius 3 is 2.53 bits per heavy atom. The predicted molar refractivity (Wildman–Crippen MR) is 73.8 cm³/mol. The molecule has 2 rings (SSSR count). The Morgan fingerprint density at radius 1 is 1.16 bits per heavy atom. The van der Waals surface area contributed by atoms with Crippen molar-refractivity contribution < 1.29 is 4.74 Å². The number of nitrogens with two attached hydrogens (primary N) is 1. The fourth-order valence-corrected chi connectivity index (χ4v) is 1.71. The fourth-order valence-electron chi connectivity index (χ4n) is 1.71. The summed E-state index contributed by atoms with van der Waals surface area (Å²) in [6, 6.07) is 5.81. The summed E-state index contributed by atoms with van der Waals surface area (Å²) >= 11 is 0. The third-order valence-corrected chi connectivity index (χ3v) is 2.98. The van der Waals surface area contributed by atoms with Crippen LogP contribution in [0.3, 0.4) is 0 Å². The van der Waals surface area contributed by atoms with Crippen LogP contribution in [0.1, 0.15) is 22.4 Å². The second-order valence-corrected chi connectivity index (χ2v) is 4.39. The highest BCUT2D eigenvalue weighted by Crippen LogP contribution is 2.28. The average molecular weight is 256 g/mol. The minimum Gasteiger partial charge on any atom is -0.424 e. The first kappa shape index (κ1) is 13.0. The van der Waals surface area contributed by atoms with E-state index in [0.29, 0.717) is 5.69 Å². The van der Waals surface area contributed by atoms with Gasteiger partial charge in [-0.2, -0.15) is 4.98 Å². The van der Waals surface area contributed by atoms with Gasteiger partial charge in [0.15, 0.2) is 0 Å². The summed E-state index contributed by atoms with van der Waals surface area (Å²) in [6.07, 6.45) is 1.53. The van der Waals surface area contributed by atoms with Gasteiger partial charge in [0.1, 0.15) is 17.3 Å². The molecule has 1 aromatic heterocycles. The van der Waals surface area contributed by atoms with Gasteiger partial charge < -0.3 is 10.5 Å². The van der Waals surface area contributed by atoms with E-state index in [1.54, 1.807) is 6.07 Å². The lowest BCUT2D eigenvalue weighted by Crippen LogP contribution is -2.13. The smallest absolute Gasteiger partial charge is 0.322 e. The lowest BCUT2D eigenvalue weighted by Gasteiger charge is -2.12. The zero-order valence-electron chi connectivity index (χ0n) is 11.2. The maximum absolute atomic E-state index is 7.36. The van der Waals surface area contributed by atoms with Crippen LogP contribution in [0.4, 0.5) is 0 Å². The van der Waals surface area contributed by atoms with Gasteiger partial charge in [0, 0.05) is 6.20 Å². The maximum atomic E-state index is 7.36. The zero-order valence-corrected chi connectivity index (χ0v) is 11.2. The number of hydrogen-bond donors (Lipinski definition) is 2. The van der Waals surface area contributed by atoms with Crippen LogP contribution in [0, 0.1) is 26.2 Å². The summed E-state index contributed by atoms with van der Waals surface area (Å²) in [5.74, 6) is 0.644. The molecule has 0 bridgehead atoms. The molecule has 0 aliphatic carbocycles. The molecule has 98 valence electrons. The number of nitrogens with one attached hydrogen (secondary N) is 1. The van der Waals surface area contributed by atoms with Gasteiger partial charge in [-0.15, -0.1) is 0 Å². The highest BCUT2D eigenvalue weighted by atomic mass is 16.5. The predicted octanol–water partition coefficient (Wildman–Crippen LogP) is 2.48. The largest absolute Gasteiger partial charge is 0.424 e. The summed E-state index contributed by atoms with van der Waals surface area (Å²) in [7, 11) is 0. The van der Waals surface area contributed by atoms with E-state index in [1.165, 1.54) is 6.20 Å². The van der Waals surface area contributed by atoms with Crippen molar-refractivity contribution in [2.75, 3.05) is 0 Å². The Labute approximate surface area is 112 Å². The Hall–Kier alpha value is -2.43. The number of nitrogen functional groups attached to an aromatic ring is 1. The highest BCUT2D eigenvalue weighted by Gasteiger charge is 2.10. The molecule has 0 aliphatic rings. The van der Waals surface area contributed by atoms with Crippen molar-refractivity contribution >= 4 is 5.84 Å². The normalized spacial score (nSPS) is 10.3. The fraction of sp³-hybridized carbons (Fsp3) is 0.214. The summed E-state index contributed by atoms with van der Waals surface area (Å²) in [4.78, 5) is 8.14. The van der Waals surface area contributed by atoms with E-state index >= 15 is 0 Å². The van der Waals surface area contributed by atoms with Crippen molar-refractivity contribution in [2.45, 2.75) is 20.8 Å². The van der Waals surface area contributed by atoms with E-state index in [0.717, 1.165) is 22.4 Å². The average Bonchev–Trinajstić information content (AvgIpc) is 2.39. The first-order valence-corrected chi connectivity index (χ1v) is 5.91. The molecule has 0 saturated carbocycles. The van der Waals surface area contributed by atoms with Gasteiger partial charge in [-0.25, -0.2) is 4.98 Å². The topological polar surface area (TPSA) is 84.9 Å². The molecule has 0 radical (unpaired) electrons. The Morgan fingerprint density at radius 2 is 1.84 bits per heavy atom. The summed E-state index contributed by atoms with van der Waals surface area (Å²) in [5, 5.41) is 7.36. The van der Waals surface area contributed by atoms with Crippen LogP contribution in [0.2, 0.25) is 0 Å². The molecule has 0 saturated heterocycles. The molecule has 0 amide bonds. The van der Waals surface area contributed by atoms with Crippen molar-refractivity contribution in [3.8, 4) is 11.8 Å². The molecular weight excluding hydrogens is 240 g/mol. The van der Waals surface area contributed by atoms with E-state index in [2.05, 4.69) is 9.97 Å². The Bertz CT molecular complexity index is 637. The van der Waals surface area contributed by atoms with Gasteiger partial charge in [-0.3, -0.25) is 5.41 Å². The molecule has 0 atom stereocenters. The van der Waals surface area contributed by atoms with Crippen molar-refractivity contribution in [3.63, 3.8) is 0 Å². The van der Waals surface area contributed by atoms with Gasteiger partial charge in [0.2, 0.25) is 0 Å². The molecule has 0 unspecified atom stereocenters. The number of hydrogen-bond acceptors (Lipinski definition) is 4.